The van der Waals surface area contributed by atoms with Gasteiger partial charge in [0.05, 0.1) is 19.3 Å². The molecular formula is C15H16ClN3O3S. The molecule has 1 atom stereocenters. The van der Waals surface area contributed by atoms with Gasteiger partial charge in [-0.1, -0.05) is 11.6 Å². The molecule has 1 aromatic carbocycles. The van der Waals surface area contributed by atoms with Crippen LogP contribution >= 0.6 is 25.1 Å². The van der Waals surface area contributed by atoms with Gasteiger partial charge >= 0.3 is 5.97 Å². The van der Waals surface area contributed by atoms with Crippen LogP contribution in [0.25, 0.3) is 0 Å². The van der Waals surface area contributed by atoms with E-state index in [1.165, 1.54) is 13.3 Å². The van der Waals surface area contributed by atoms with Gasteiger partial charge in [-0.05, 0) is 31.2 Å². The van der Waals surface area contributed by atoms with Crippen molar-refractivity contribution >= 4 is 42.7 Å². The molecule has 0 unspecified atom stereocenters. The number of halogens is 1. The van der Waals surface area contributed by atoms with E-state index in [0.717, 1.165) is 5.69 Å². The summed E-state index contributed by atoms with van der Waals surface area (Å²) in [5, 5.41) is 4.75. The Bertz CT molecular complexity index is 745. The van der Waals surface area contributed by atoms with E-state index in [1.54, 1.807) is 33.8 Å². The second-order valence-corrected chi connectivity index (χ2v) is 5.52. The lowest BCUT2D eigenvalue weighted by molar-refractivity contribution is 0.0596. The zero-order chi connectivity index (χ0) is 15.9. The Morgan fingerprint density at radius 1 is 1.35 bits per heavy atom. The average molecular weight is 354 g/mol. The number of amides is 1. The minimum absolute atomic E-state index is 0. The first-order valence-electron chi connectivity index (χ1n) is 6.76. The lowest BCUT2D eigenvalue weighted by Gasteiger charge is -2.32. The lowest BCUT2D eigenvalue weighted by Crippen LogP contribution is -2.43. The molecule has 1 aromatic heterocycles. The molecule has 0 saturated carbocycles. The summed E-state index contributed by atoms with van der Waals surface area (Å²) in [5.74, 6) is -0.849. The topological polar surface area (TPSA) is 64.4 Å². The Morgan fingerprint density at radius 3 is 2.61 bits per heavy atom. The lowest BCUT2D eigenvalue weighted by atomic mass is 10.1. The van der Waals surface area contributed by atoms with Crippen LogP contribution in [0.1, 0.15) is 33.8 Å². The number of methoxy groups -OCH3 is 1. The highest BCUT2D eigenvalue weighted by atomic mass is 35.5. The number of rotatable bonds is 2. The van der Waals surface area contributed by atoms with Gasteiger partial charge in [0.25, 0.3) is 5.91 Å². The third kappa shape index (κ3) is 2.94. The summed E-state index contributed by atoms with van der Waals surface area (Å²) in [6.07, 6.45) is 1.38. The summed E-state index contributed by atoms with van der Waals surface area (Å²) in [4.78, 5) is 26.2. The van der Waals surface area contributed by atoms with Crippen LogP contribution in [0.2, 0.25) is 5.02 Å². The maximum atomic E-state index is 12.8. The molecule has 2 aromatic rings. The van der Waals surface area contributed by atoms with Crippen molar-refractivity contribution in [3.05, 3.63) is 46.7 Å². The zero-order valence-corrected chi connectivity index (χ0v) is 14.4. The van der Waals surface area contributed by atoms with E-state index >= 15 is 0 Å². The van der Waals surface area contributed by atoms with E-state index in [4.69, 9.17) is 16.3 Å². The van der Waals surface area contributed by atoms with Crippen molar-refractivity contribution in [1.82, 2.24) is 9.78 Å². The fraction of sp³-hybridized carbons (Fsp3) is 0.267. The smallest absolute Gasteiger partial charge is 0.341 e. The third-order valence-electron chi connectivity index (χ3n) is 3.65. The predicted molar refractivity (Wildman–Crippen MR) is 91.8 cm³/mol. The van der Waals surface area contributed by atoms with Crippen LogP contribution < -0.4 is 4.90 Å². The summed E-state index contributed by atoms with van der Waals surface area (Å²) in [5.41, 5.74) is 1.16. The number of aromatic nitrogens is 2. The van der Waals surface area contributed by atoms with Crippen molar-refractivity contribution in [2.45, 2.75) is 13.0 Å². The van der Waals surface area contributed by atoms with Gasteiger partial charge in [0, 0.05) is 17.3 Å². The van der Waals surface area contributed by atoms with E-state index in [-0.39, 0.29) is 36.7 Å². The molecule has 122 valence electrons. The fourth-order valence-electron chi connectivity index (χ4n) is 2.56. The molecule has 1 aliphatic heterocycles. The van der Waals surface area contributed by atoms with Gasteiger partial charge in [-0.2, -0.15) is 18.6 Å². The fourth-order valence-corrected chi connectivity index (χ4v) is 2.69. The van der Waals surface area contributed by atoms with Crippen molar-refractivity contribution in [2.75, 3.05) is 18.6 Å². The highest BCUT2D eigenvalue weighted by Crippen LogP contribution is 2.28. The van der Waals surface area contributed by atoms with Crippen LogP contribution in [0.4, 0.5) is 5.69 Å². The molecule has 0 radical (unpaired) electrons. The Labute approximate surface area is 145 Å². The normalized spacial score (nSPS) is 16.6. The Balaban J connectivity index is 0.00000192. The van der Waals surface area contributed by atoms with Crippen LogP contribution in [-0.4, -0.2) is 35.3 Å². The Kier molecular flexibility index (Phi) is 5.01. The molecule has 0 bridgehead atoms. The first kappa shape index (κ1) is 17.4. The number of hydrogen-bond donors (Lipinski definition) is 0. The second-order valence-electron chi connectivity index (χ2n) is 5.08. The number of carbonyl (C=O) groups is 2. The molecule has 23 heavy (non-hydrogen) atoms. The maximum absolute atomic E-state index is 12.8. The first-order valence-corrected chi connectivity index (χ1v) is 7.14. The summed E-state index contributed by atoms with van der Waals surface area (Å²) < 4.78 is 6.29. The van der Waals surface area contributed by atoms with E-state index in [9.17, 15) is 9.59 Å². The van der Waals surface area contributed by atoms with Crippen LogP contribution in [0.15, 0.2) is 30.5 Å². The Morgan fingerprint density at radius 2 is 2.00 bits per heavy atom. The molecule has 2 heterocycles. The number of hydrogen-bond acceptors (Lipinski definition) is 4. The number of nitrogens with zero attached hydrogens (tertiary/aromatic N) is 3. The maximum Gasteiger partial charge on any atom is 0.341 e. The summed E-state index contributed by atoms with van der Waals surface area (Å²) in [6.45, 7) is 2.41. The van der Waals surface area contributed by atoms with Crippen molar-refractivity contribution < 1.29 is 14.3 Å². The van der Waals surface area contributed by atoms with Crippen LogP contribution in [0.5, 0.6) is 0 Å². The van der Waals surface area contributed by atoms with Gasteiger partial charge in [0.2, 0.25) is 0 Å². The minimum atomic E-state index is -0.570. The molecule has 3 rings (SSSR count). The zero-order valence-electron chi connectivity index (χ0n) is 12.6. The Hall–Kier alpha value is -1.99. The summed E-state index contributed by atoms with van der Waals surface area (Å²) >= 11 is 5.89. The molecule has 6 nitrogen and oxygen atoms in total. The SMILES string of the molecule is COC(=O)c1cnn2c1C(=O)N(c1ccc(Cl)cc1)C[C@@H]2C.S. The second kappa shape index (κ2) is 6.64. The monoisotopic (exact) mass is 353 g/mol. The van der Waals surface area contributed by atoms with Gasteiger partial charge in [-0.25, -0.2) is 4.79 Å². The van der Waals surface area contributed by atoms with Crippen LogP contribution in [-0.2, 0) is 4.74 Å². The van der Waals surface area contributed by atoms with Gasteiger partial charge in [-0.15, -0.1) is 0 Å². The first-order chi connectivity index (χ1) is 10.5. The van der Waals surface area contributed by atoms with Crippen molar-refractivity contribution in [3.8, 4) is 0 Å². The number of carbonyl (C=O) groups excluding carboxylic acids is 2. The molecule has 8 heteroatoms. The highest BCUT2D eigenvalue weighted by Gasteiger charge is 2.35. The van der Waals surface area contributed by atoms with Gasteiger partial charge in [0.15, 0.2) is 0 Å². The highest BCUT2D eigenvalue weighted by molar-refractivity contribution is 7.59. The van der Waals surface area contributed by atoms with Gasteiger partial charge in [0.1, 0.15) is 11.3 Å². The summed E-state index contributed by atoms with van der Waals surface area (Å²) in [7, 11) is 1.28. The third-order valence-corrected chi connectivity index (χ3v) is 3.90. The summed E-state index contributed by atoms with van der Waals surface area (Å²) in [6, 6.07) is 6.94. The van der Waals surface area contributed by atoms with E-state index < -0.39 is 5.97 Å². The van der Waals surface area contributed by atoms with Gasteiger partial charge in [-0.3, -0.25) is 9.48 Å². The number of fused-ring (bicyclic) bond motifs is 1. The molecule has 0 saturated heterocycles. The van der Waals surface area contributed by atoms with Crippen molar-refractivity contribution in [2.24, 2.45) is 0 Å². The van der Waals surface area contributed by atoms with Crippen LogP contribution in [0, 0.1) is 0 Å². The molecule has 0 aliphatic carbocycles. The number of anilines is 1. The molecule has 0 fully saturated rings. The van der Waals surface area contributed by atoms with E-state index in [1.807, 2.05) is 6.92 Å². The quantitative estimate of drug-likeness (QED) is 0.778. The van der Waals surface area contributed by atoms with Crippen molar-refractivity contribution in [3.63, 3.8) is 0 Å². The number of ether oxygens (including phenoxy) is 1. The molecule has 0 N–H and O–H groups in total. The van der Waals surface area contributed by atoms with Gasteiger partial charge < -0.3 is 9.64 Å². The van der Waals surface area contributed by atoms with Crippen molar-refractivity contribution in [1.29, 1.82) is 0 Å². The molecular weight excluding hydrogens is 338 g/mol. The standard InChI is InChI=1S/C15H14ClN3O3.H2S/c1-9-8-18(11-5-3-10(16)4-6-11)14(20)13-12(15(21)22-2)7-17-19(9)13;/h3-7,9H,8H2,1-2H3;1H2/t9-;/m0./s1. The average Bonchev–Trinajstić information content (AvgIpc) is 2.97. The minimum Gasteiger partial charge on any atom is -0.465 e. The number of esters is 1. The molecule has 0 spiro atoms. The van der Waals surface area contributed by atoms with Crippen LogP contribution in [0.3, 0.4) is 0 Å². The predicted octanol–water partition coefficient (Wildman–Crippen LogP) is 2.66. The number of benzene rings is 1. The molecule has 1 aliphatic rings. The molecule has 1 amide bonds. The largest absolute Gasteiger partial charge is 0.465 e. The van der Waals surface area contributed by atoms with E-state index in [2.05, 4.69) is 5.10 Å². The van der Waals surface area contributed by atoms with E-state index in [0.29, 0.717) is 11.6 Å².